The highest BCUT2D eigenvalue weighted by molar-refractivity contribution is 7.89. The molecule has 0 saturated heterocycles. The molecule has 0 radical (unpaired) electrons. The van der Waals surface area contributed by atoms with E-state index in [-0.39, 0.29) is 17.3 Å². The monoisotopic (exact) mass is 308 g/mol. The third-order valence-corrected chi connectivity index (χ3v) is 4.46. The van der Waals surface area contributed by atoms with Crippen molar-refractivity contribution in [1.82, 2.24) is 4.72 Å². The van der Waals surface area contributed by atoms with Crippen LogP contribution in [0.1, 0.15) is 11.1 Å². The molecule has 0 saturated carbocycles. The van der Waals surface area contributed by atoms with Crippen molar-refractivity contribution in [3.05, 3.63) is 65.5 Å². The third-order valence-electron chi connectivity index (χ3n) is 3.05. The van der Waals surface area contributed by atoms with Crippen LogP contribution in [0.5, 0.6) is 0 Å². The van der Waals surface area contributed by atoms with Crippen molar-refractivity contribution in [2.75, 3.05) is 6.54 Å². The first-order valence-electron chi connectivity index (χ1n) is 6.54. The summed E-state index contributed by atoms with van der Waals surface area (Å²) in [5, 5.41) is 0. The van der Waals surface area contributed by atoms with Gasteiger partial charge in [-0.25, -0.2) is 17.5 Å². The summed E-state index contributed by atoms with van der Waals surface area (Å²) < 4.78 is 39.5. The maximum absolute atomic E-state index is 12.8. The summed E-state index contributed by atoms with van der Waals surface area (Å²) in [7, 11) is -3.58. The second kappa shape index (κ2) is 6.80. The van der Waals surface area contributed by atoms with E-state index in [2.05, 4.69) is 4.72 Å². The molecule has 112 valence electrons. The summed E-state index contributed by atoms with van der Waals surface area (Å²) in [5.41, 5.74) is 7.14. The van der Waals surface area contributed by atoms with Gasteiger partial charge in [-0.15, -0.1) is 0 Å². The van der Waals surface area contributed by atoms with Crippen LogP contribution in [-0.2, 0) is 23.0 Å². The van der Waals surface area contributed by atoms with Gasteiger partial charge < -0.3 is 5.73 Å². The fourth-order valence-corrected chi connectivity index (χ4v) is 2.88. The number of nitrogens with one attached hydrogen (secondary N) is 1. The lowest BCUT2D eigenvalue weighted by molar-refractivity contribution is 0.581. The molecule has 0 heterocycles. The maximum Gasteiger partial charge on any atom is 0.240 e. The summed E-state index contributed by atoms with van der Waals surface area (Å²) in [4.78, 5) is 0.199. The van der Waals surface area contributed by atoms with Gasteiger partial charge in [0.2, 0.25) is 10.0 Å². The summed E-state index contributed by atoms with van der Waals surface area (Å²) in [6.07, 6.45) is 0.712. The lowest BCUT2D eigenvalue weighted by Crippen LogP contribution is -2.23. The Morgan fingerprint density at radius 3 is 2.10 bits per heavy atom. The van der Waals surface area contributed by atoms with Crippen molar-refractivity contribution in [2.24, 2.45) is 5.73 Å². The predicted octanol–water partition coefficient (Wildman–Crippen LogP) is 1.81. The molecular weight excluding hydrogens is 291 g/mol. The van der Waals surface area contributed by atoms with Gasteiger partial charge in [0, 0.05) is 6.54 Å². The predicted molar refractivity (Wildman–Crippen MR) is 79.6 cm³/mol. The Labute approximate surface area is 123 Å². The van der Waals surface area contributed by atoms with Gasteiger partial charge in [0.05, 0.1) is 4.90 Å². The van der Waals surface area contributed by atoms with E-state index >= 15 is 0 Å². The van der Waals surface area contributed by atoms with Crippen LogP contribution in [-0.4, -0.2) is 15.0 Å². The van der Waals surface area contributed by atoms with Crippen LogP contribution in [0.15, 0.2) is 53.4 Å². The molecule has 0 bridgehead atoms. The first-order valence-corrected chi connectivity index (χ1v) is 8.03. The van der Waals surface area contributed by atoms with Crippen LogP contribution in [0.25, 0.3) is 0 Å². The Kier molecular flexibility index (Phi) is 5.06. The molecule has 4 nitrogen and oxygen atoms in total. The van der Waals surface area contributed by atoms with E-state index < -0.39 is 10.0 Å². The molecule has 0 atom stereocenters. The highest BCUT2D eigenvalue weighted by Crippen LogP contribution is 2.12. The van der Waals surface area contributed by atoms with Crippen LogP contribution in [0.2, 0.25) is 0 Å². The number of hydrogen-bond acceptors (Lipinski definition) is 3. The average Bonchev–Trinajstić information content (AvgIpc) is 2.48. The number of nitrogens with two attached hydrogens (primary N) is 1. The van der Waals surface area contributed by atoms with Gasteiger partial charge in [-0.05, 0) is 48.4 Å². The highest BCUT2D eigenvalue weighted by Gasteiger charge is 2.13. The minimum Gasteiger partial charge on any atom is -0.330 e. The number of sulfonamides is 1. The Morgan fingerprint density at radius 1 is 0.952 bits per heavy atom. The van der Waals surface area contributed by atoms with Gasteiger partial charge in [0.25, 0.3) is 0 Å². The van der Waals surface area contributed by atoms with Crippen LogP contribution in [0.4, 0.5) is 4.39 Å². The van der Waals surface area contributed by atoms with Gasteiger partial charge in [-0.2, -0.15) is 0 Å². The number of benzene rings is 2. The zero-order valence-electron chi connectivity index (χ0n) is 11.4. The topological polar surface area (TPSA) is 72.2 Å². The van der Waals surface area contributed by atoms with Gasteiger partial charge in [0.15, 0.2) is 0 Å². The van der Waals surface area contributed by atoms with E-state index in [4.69, 9.17) is 5.73 Å². The van der Waals surface area contributed by atoms with E-state index in [0.717, 1.165) is 5.56 Å². The van der Waals surface area contributed by atoms with Crippen LogP contribution in [0, 0.1) is 5.82 Å². The van der Waals surface area contributed by atoms with Gasteiger partial charge in [-0.1, -0.05) is 24.3 Å². The average molecular weight is 308 g/mol. The lowest BCUT2D eigenvalue weighted by atomic mass is 10.2. The molecule has 0 fully saturated rings. The van der Waals surface area contributed by atoms with E-state index in [9.17, 15) is 12.8 Å². The second-order valence-electron chi connectivity index (χ2n) is 4.63. The maximum atomic E-state index is 12.8. The minimum atomic E-state index is -3.58. The van der Waals surface area contributed by atoms with Crippen LogP contribution < -0.4 is 10.5 Å². The summed E-state index contributed by atoms with van der Waals surface area (Å²) in [5.74, 6) is -0.350. The molecule has 21 heavy (non-hydrogen) atoms. The third kappa shape index (κ3) is 4.35. The van der Waals surface area contributed by atoms with Gasteiger partial charge >= 0.3 is 0 Å². The minimum absolute atomic E-state index is 0.118. The molecule has 6 heteroatoms. The molecule has 0 aliphatic heterocycles. The zero-order chi connectivity index (χ0) is 15.3. The van der Waals surface area contributed by atoms with Crippen molar-refractivity contribution in [3.63, 3.8) is 0 Å². The standard InChI is InChI=1S/C15H17FN2O2S/c16-14-5-1-13(2-6-14)11-18-21(19,20)15-7-3-12(4-8-15)9-10-17/h1-8,18H,9-11,17H2. The molecule has 0 aliphatic carbocycles. The second-order valence-corrected chi connectivity index (χ2v) is 6.40. The van der Waals surface area contributed by atoms with E-state index in [1.54, 1.807) is 36.4 Å². The van der Waals surface area contributed by atoms with E-state index in [1.165, 1.54) is 12.1 Å². The Hall–Kier alpha value is -1.76. The molecule has 0 spiro atoms. The molecule has 0 aromatic heterocycles. The molecule has 0 amide bonds. The fraction of sp³-hybridized carbons (Fsp3) is 0.200. The molecule has 2 aromatic rings. The van der Waals surface area contributed by atoms with Gasteiger partial charge in [0.1, 0.15) is 5.82 Å². The van der Waals surface area contributed by atoms with Crippen molar-refractivity contribution >= 4 is 10.0 Å². The first kappa shape index (κ1) is 15.6. The van der Waals surface area contributed by atoms with Crippen LogP contribution in [0.3, 0.4) is 0 Å². The summed E-state index contributed by atoms with van der Waals surface area (Å²) in [6, 6.07) is 12.3. The van der Waals surface area contributed by atoms with Crippen molar-refractivity contribution in [2.45, 2.75) is 17.9 Å². The number of halogens is 1. The van der Waals surface area contributed by atoms with Crippen LogP contribution >= 0.6 is 0 Å². The SMILES string of the molecule is NCCc1ccc(S(=O)(=O)NCc2ccc(F)cc2)cc1. The van der Waals surface area contributed by atoms with Crippen molar-refractivity contribution < 1.29 is 12.8 Å². The Balaban J connectivity index is 2.05. The quantitative estimate of drug-likeness (QED) is 0.855. The van der Waals surface area contributed by atoms with E-state index in [0.29, 0.717) is 18.5 Å². The van der Waals surface area contributed by atoms with Crippen molar-refractivity contribution in [1.29, 1.82) is 0 Å². The smallest absolute Gasteiger partial charge is 0.240 e. The highest BCUT2D eigenvalue weighted by atomic mass is 32.2. The number of hydrogen-bond donors (Lipinski definition) is 2. The summed E-state index contributed by atoms with van der Waals surface area (Å²) >= 11 is 0. The first-order chi connectivity index (χ1) is 10.0. The molecule has 0 unspecified atom stereocenters. The van der Waals surface area contributed by atoms with Gasteiger partial charge in [-0.3, -0.25) is 0 Å². The van der Waals surface area contributed by atoms with Crippen molar-refractivity contribution in [3.8, 4) is 0 Å². The Morgan fingerprint density at radius 2 is 1.52 bits per heavy atom. The molecule has 0 aliphatic rings. The molecule has 2 aromatic carbocycles. The summed E-state index contributed by atoms with van der Waals surface area (Å²) in [6.45, 7) is 0.641. The Bertz CT molecular complexity index is 683. The molecule has 3 N–H and O–H groups in total. The zero-order valence-corrected chi connectivity index (χ0v) is 12.2. The fourth-order valence-electron chi connectivity index (χ4n) is 1.87. The lowest BCUT2D eigenvalue weighted by Gasteiger charge is -2.08. The molecular formula is C15H17FN2O2S. The largest absolute Gasteiger partial charge is 0.330 e. The van der Waals surface area contributed by atoms with E-state index in [1.807, 2.05) is 0 Å². The molecule has 2 rings (SSSR count). The number of rotatable bonds is 6. The normalized spacial score (nSPS) is 11.5.